The van der Waals surface area contributed by atoms with Gasteiger partial charge in [0.15, 0.2) is 0 Å². The zero-order valence-corrected chi connectivity index (χ0v) is 11.5. The molecule has 2 atom stereocenters. The molecule has 0 radical (unpaired) electrons. The Labute approximate surface area is 105 Å². The van der Waals surface area contributed by atoms with Crippen LogP contribution in [0.3, 0.4) is 0 Å². The van der Waals surface area contributed by atoms with Gasteiger partial charge in [-0.05, 0) is 52.2 Å². The second-order valence-corrected chi connectivity index (χ2v) is 5.13. The van der Waals surface area contributed by atoms with E-state index in [1.54, 1.807) is 0 Å². The molecule has 1 saturated carbocycles. The third-order valence-corrected chi connectivity index (χ3v) is 3.98. The van der Waals surface area contributed by atoms with Crippen molar-refractivity contribution in [2.24, 2.45) is 5.73 Å². The smallest absolute Gasteiger partial charge is 0.237 e. The Morgan fingerprint density at radius 2 is 2.00 bits per heavy atom. The molecule has 1 rings (SSSR count). The molecule has 1 aliphatic rings. The highest BCUT2D eigenvalue weighted by molar-refractivity contribution is 5.85. The Morgan fingerprint density at radius 1 is 1.41 bits per heavy atom. The van der Waals surface area contributed by atoms with Gasteiger partial charge in [0, 0.05) is 6.04 Å². The molecule has 1 amide bonds. The number of carbonyl (C=O) groups is 1. The Bertz CT molecular complexity index is 251. The molecule has 0 aliphatic heterocycles. The fourth-order valence-electron chi connectivity index (χ4n) is 2.96. The van der Waals surface area contributed by atoms with Gasteiger partial charge in [0.1, 0.15) is 0 Å². The minimum Gasteiger partial charge on any atom is -0.368 e. The summed E-state index contributed by atoms with van der Waals surface area (Å²) in [4.78, 5) is 14.1. The normalized spacial score (nSPS) is 28.8. The quantitative estimate of drug-likeness (QED) is 0.702. The Kier molecular flexibility index (Phi) is 5.40. The molecule has 0 aromatic carbocycles. The second-order valence-electron chi connectivity index (χ2n) is 5.13. The molecular formula is C13H27N3O. The summed E-state index contributed by atoms with van der Waals surface area (Å²) in [6.45, 7) is 6.65. The van der Waals surface area contributed by atoms with E-state index < -0.39 is 5.54 Å². The summed E-state index contributed by atoms with van der Waals surface area (Å²) in [5.74, 6) is -0.199. The molecule has 1 aliphatic carbocycles. The largest absolute Gasteiger partial charge is 0.368 e. The van der Waals surface area contributed by atoms with E-state index in [1.807, 2.05) is 7.05 Å². The molecule has 0 saturated heterocycles. The molecule has 17 heavy (non-hydrogen) atoms. The number of nitrogens with two attached hydrogens (primary N) is 1. The van der Waals surface area contributed by atoms with Crippen LogP contribution in [0, 0.1) is 0 Å². The van der Waals surface area contributed by atoms with Gasteiger partial charge in [0.05, 0.1) is 5.54 Å². The van der Waals surface area contributed by atoms with Gasteiger partial charge in [-0.2, -0.15) is 0 Å². The number of rotatable bonds is 7. The summed E-state index contributed by atoms with van der Waals surface area (Å²) >= 11 is 0. The van der Waals surface area contributed by atoms with Gasteiger partial charge in [-0.15, -0.1) is 0 Å². The Balaban J connectivity index is 2.66. The van der Waals surface area contributed by atoms with E-state index in [0.29, 0.717) is 6.04 Å². The number of likely N-dealkylation sites (N-methyl/N-ethyl adjacent to an activating group) is 1. The highest BCUT2D eigenvalue weighted by Gasteiger charge is 2.44. The second kappa shape index (κ2) is 6.36. The first-order valence-electron chi connectivity index (χ1n) is 6.82. The van der Waals surface area contributed by atoms with Crippen LogP contribution in [-0.2, 0) is 4.79 Å². The van der Waals surface area contributed by atoms with Crippen LogP contribution in [0.15, 0.2) is 0 Å². The van der Waals surface area contributed by atoms with Gasteiger partial charge >= 0.3 is 0 Å². The maximum atomic E-state index is 11.6. The number of carbonyl (C=O) groups excluding carboxylic acids is 1. The molecule has 4 nitrogen and oxygen atoms in total. The summed E-state index contributed by atoms with van der Waals surface area (Å²) in [7, 11) is 1.84. The average Bonchev–Trinajstić information content (AvgIpc) is 2.74. The molecule has 4 heteroatoms. The minimum atomic E-state index is -0.468. The van der Waals surface area contributed by atoms with Crippen LogP contribution >= 0.6 is 0 Å². The first kappa shape index (κ1) is 14.5. The summed E-state index contributed by atoms with van der Waals surface area (Å²) in [6.07, 6.45) is 5.13. The van der Waals surface area contributed by atoms with Crippen molar-refractivity contribution >= 4 is 5.91 Å². The van der Waals surface area contributed by atoms with Crippen molar-refractivity contribution in [1.82, 2.24) is 10.2 Å². The van der Waals surface area contributed by atoms with Crippen LogP contribution in [0.1, 0.15) is 46.0 Å². The summed E-state index contributed by atoms with van der Waals surface area (Å²) < 4.78 is 0. The lowest BCUT2D eigenvalue weighted by Gasteiger charge is -2.30. The monoisotopic (exact) mass is 241 g/mol. The van der Waals surface area contributed by atoms with Crippen LogP contribution in [0.4, 0.5) is 0 Å². The summed E-state index contributed by atoms with van der Waals surface area (Å²) in [6, 6.07) is 0.509. The van der Waals surface area contributed by atoms with Gasteiger partial charge in [-0.3, -0.25) is 4.79 Å². The van der Waals surface area contributed by atoms with E-state index in [1.165, 1.54) is 12.8 Å². The molecule has 0 bridgehead atoms. The van der Waals surface area contributed by atoms with Crippen LogP contribution in [0.25, 0.3) is 0 Å². The first-order valence-corrected chi connectivity index (χ1v) is 6.82. The minimum absolute atomic E-state index is 0.199. The topological polar surface area (TPSA) is 58.4 Å². The van der Waals surface area contributed by atoms with Crippen molar-refractivity contribution in [3.05, 3.63) is 0 Å². The molecule has 0 aromatic rings. The highest BCUT2D eigenvalue weighted by Crippen LogP contribution is 2.33. The number of hydrogen-bond donors (Lipinski definition) is 2. The van der Waals surface area contributed by atoms with Gasteiger partial charge in [-0.1, -0.05) is 13.8 Å². The lowest BCUT2D eigenvalue weighted by molar-refractivity contribution is -0.124. The maximum absolute atomic E-state index is 11.6. The van der Waals surface area contributed by atoms with Gasteiger partial charge in [-0.25, -0.2) is 0 Å². The van der Waals surface area contributed by atoms with Crippen molar-refractivity contribution in [2.75, 3.05) is 20.1 Å². The van der Waals surface area contributed by atoms with Crippen molar-refractivity contribution < 1.29 is 4.79 Å². The van der Waals surface area contributed by atoms with Crippen LogP contribution in [0.2, 0.25) is 0 Å². The van der Waals surface area contributed by atoms with Crippen molar-refractivity contribution in [3.63, 3.8) is 0 Å². The Hall–Kier alpha value is -0.610. The maximum Gasteiger partial charge on any atom is 0.237 e. The average molecular weight is 241 g/mol. The van der Waals surface area contributed by atoms with Gasteiger partial charge in [0.25, 0.3) is 0 Å². The standard InChI is InChI=1S/C13H27N3O/c1-4-8-16(9-5-2)11-6-7-13(10-11,15-3)12(14)17/h11,15H,4-10H2,1-3H3,(H2,14,17). The molecule has 100 valence electrons. The van der Waals surface area contributed by atoms with Crippen molar-refractivity contribution in [1.29, 1.82) is 0 Å². The fraction of sp³-hybridized carbons (Fsp3) is 0.923. The van der Waals surface area contributed by atoms with Crippen molar-refractivity contribution in [2.45, 2.75) is 57.5 Å². The van der Waals surface area contributed by atoms with E-state index in [9.17, 15) is 4.79 Å². The molecule has 2 unspecified atom stereocenters. The third-order valence-electron chi connectivity index (χ3n) is 3.98. The zero-order chi connectivity index (χ0) is 12.9. The molecule has 1 fully saturated rings. The van der Waals surface area contributed by atoms with Crippen LogP contribution in [-0.4, -0.2) is 42.5 Å². The fourth-order valence-corrected chi connectivity index (χ4v) is 2.96. The number of nitrogens with zero attached hydrogens (tertiary/aromatic N) is 1. The molecule has 0 aromatic heterocycles. The zero-order valence-electron chi connectivity index (χ0n) is 11.5. The predicted molar refractivity (Wildman–Crippen MR) is 70.8 cm³/mol. The molecular weight excluding hydrogens is 214 g/mol. The van der Waals surface area contributed by atoms with E-state index >= 15 is 0 Å². The van der Waals surface area contributed by atoms with E-state index in [2.05, 4.69) is 24.1 Å². The summed E-state index contributed by atoms with van der Waals surface area (Å²) in [5, 5.41) is 3.14. The predicted octanol–water partition coefficient (Wildman–Crippen LogP) is 1.10. The molecule has 3 N–H and O–H groups in total. The van der Waals surface area contributed by atoms with Gasteiger partial charge in [0.2, 0.25) is 5.91 Å². The van der Waals surface area contributed by atoms with E-state index in [0.717, 1.165) is 32.4 Å². The first-order chi connectivity index (χ1) is 8.09. The molecule has 0 heterocycles. The number of amides is 1. The SMILES string of the molecule is CCCN(CCC)C1CCC(NC)(C(N)=O)C1. The lowest BCUT2D eigenvalue weighted by atomic mass is 9.96. The molecule has 0 spiro atoms. The van der Waals surface area contributed by atoms with Crippen LogP contribution < -0.4 is 11.1 Å². The van der Waals surface area contributed by atoms with Gasteiger partial charge < -0.3 is 16.0 Å². The number of hydrogen-bond acceptors (Lipinski definition) is 3. The summed E-state index contributed by atoms with van der Waals surface area (Å²) in [5.41, 5.74) is 5.07. The van der Waals surface area contributed by atoms with E-state index in [-0.39, 0.29) is 5.91 Å². The lowest BCUT2D eigenvalue weighted by Crippen LogP contribution is -2.53. The Morgan fingerprint density at radius 3 is 2.35 bits per heavy atom. The van der Waals surface area contributed by atoms with E-state index in [4.69, 9.17) is 5.73 Å². The third kappa shape index (κ3) is 3.19. The highest BCUT2D eigenvalue weighted by atomic mass is 16.1. The van der Waals surface area contributed by atoms with Crippen molar-refractivity contribution in [3.8, 4) is 0 Å². The number of primary amides is 1. The number of nitrogens with one attached hydrogen (secondary N) is 1. The van der Waals surface area contributed by atoms with Crippen LogP contribution in [0.5, 0.6) is 0 Å².